The van der Waals surface area contributed by atoms with Crippen LogP contribution in [0.4, 0.5) is 0 Å². The van der Waals surface area contributed by atoms with Crippen molar-refractivity contribution in [2.75, 3.05) is 0 Å². The zero-order valence-electron chi connectivity index (χ0n) is 10.3. The van der Waals surface area contributed by atoms with Gasteiger partial charge in [-0.05, 0) is 36.8 Å². The zero-order valence-corrected chi connectivity index (χ0v) is 11.9. The molecule has 1 N–H and O–H groups in total. The maximum absolute atomic E-state index is 11.8. The van der Waals surface area contributed by atoms with E-state index in [1.54, 1.807) is 24.4 Å². The van der Waals surface area contributed by atoms with Crippen molar-refractivity contribution < 1.29 is 4.79 Å². The Labute approximate surface area is 119 Å². The molecule has 2 aromatic rings. The van der Waals surface area contributed by atoms with Crippen molar-refractivity contribution in [3.05, 3.63) is 64.4 Å². The first kappa shape index (κ1) is 13.4. The fraction of sp³-hybridized carbons (Fsp3) is 0.0714. The molecule has 1 heterocycles. The minimum atomic E-state index is -0.324. The van der Waals surface area contributed by atoms with E-state index in [0.29, 0.717) is 5.69 Å². The Kier molecular flexibility index (Phi) is 4.41. The molecule has 4 nitrogen and oxygen atoms in total. The number of hydrogen-bond acceptors (Lipinski definition) is 3. The Morgan fingerprint density at radius 3 is 2.79 bits per heavy atom. The lowest BCUT2D eigenvalue weighted by atomic mass is 10.1. The molecule has 0 unspecified atom stereocenters. The molecule has 0 atom stereocenters. The number of nitrogens with one attached hydrogen (secondary N) is 1. The minimum absolute atomic E-state index is 0.324. The van der Waals surface area contributed by atoms with Crippen LogP contribution >= 0.6 is 15.9 Å². The number of amides is 1. The van der Waals surface area contributed by atoms with E-state index in [1.165, 1.54) is 0 Å². The van der Waals surface area contributed by atoms with Crippen LogP contribution in [0.2, 0.25) is 0 Å². The zero-order chi connectivity index (χ0) is 13.7. The number of hydrazone groups is 1. The van der Waals surface area contributed by atoms with Crippen LogP contribution in [0.15, 0.2) is 58.2 Å². The number of halogens is 1. The second-order valence-corrected chi connectivity index (χ2v) is 4.78. The summed E-state index contributed by atoms with van der Waals surface area (Å²) < 4.78 is 0.968. The third-order valence-corrected chi connectivity index (χ3v) is 2.96. The molecule has 0 aliphatic carbocycles. The summed E-state index contributed by atoms with van der Waals surface area (Å²) in [6, 6.07) is 12.9. The fourth-order valence-electron chi connectivity index (χ4n) is 1.47. The average molecular weight is 318 g/mol. The lowest BCUT2D eigenvalue weighted by molar-refractivity contribution is 0.0950. The smallest absolute Gasteiger partial charge is 0.266 e. The molecule has 96 valence electrons. The second-order valence-electron chi connectivity index (χ2n) is 3.86. The van der Waals surface area contributed by atoms with Crippen LogP contribution < -0.4 is 5.43 Å². The quantitative estimate of drug-likeness (QED) is 0.699. The molecule has 1 aromatic heterocycles. The van der Waals surface area contributed by atoms with Gasteiger partial charge in [0.25, 0.3) is 5.91 Å². The van der Waals surface area contributed by atoms with Crippen molar-refractivity contribution in [1.29, 1.82) is 0 Å². The van der Waals surface area contributed by atoms with Crippen LogP contribution in [-0.2, 0) is 0 Å². The summed E-state index contributed by atoms with van der Waals surface area (Å²) >= 11 is 3.39. The van der Waals surface area contributed by atoms with E-state index in [9.17, 15) is 4.79 Å². The van der Waals surface area contributed by atoms with Gasteiger partial charge in [-0.25, -0.2) is 5.43 Å². The van der Waals surface area contributed by atoms with Crippen molar-refractivity contribution >= 4 is 27.5 Å². The normalized spacial score (nSPS) is 11.2. The first-order valence-electron chi connectivity index (χ1n) is 5.68. The molecule has 2 rings (SSSR count). The van der Waals surface area contributed by atoms with E-state index < -0.39 is 0 Å². The van der Waals surface area contributed by atoms with Crippen LogP contribution in [0.1, 0.15) is 23.0 Å². The third kappa shape index (κ3) is 3.72. The number of rotatable bonds is 3. The number of carbonyl (C=O) groups excluding carboxylic acids is 1. The van der Waals surface area contributed by atoms with Crippen LogP contribution in [0.5, 0.6) is 0 Å². The molecule has 1 aromatic carbocycles. The molecular formula is C14H12BrN3O. The first-order valence-corrected chi connectivity index (χ1v) is 6.48. The second kappa shape index (κ2) is 6.24. The van der Waals surface area contributed by atoms with E-state index in [4.69, 9.17) is 0 Å². The Morgan fingerprint density at radius 2 is 2.11 bits per heavy atom. The number of pyridine rings is 1. The van der Waals surface area contributed by atoms with E-state index in [2.05, 4.69) is 31.4 Å². The molecule has 0 aliphatic heterocycles. The Hall–Kier alpha value is -2.01. The van der Waals surface area contributed by atoms with Gasteiger partial charge in [0.2, 0.25) is 0 Å². The first-order chi connectivity index (χ1) is 9.16. The van der Waals surface area contributed by atoms with Gasteiger partial charge in [0.15, 0.2) is 0 Å². The molecule has 0 fully saturated rings. The molecule has 0 spiro atoms. The lowest BCUT2D eigenvalue weighted by Gasteiger charge is -2.03. The molecule has 1 amide bonds. The highest BCUT2D eigenvalue weighted by Gasteiger charge is 2.05. The average Bonchev–Trinajstić information content (AvgIpc) is 2.45. The van der Waals surface area contributed by atoms with Crippen LogP contribution in [0, 0.1) is 0 Å². The summed E-state index contributed by atoms with van der Waals surface area (Å²) in [7, 11) is 0. The fourth-order valence-corrected chi connectivity index (χ4v) is 1.87. The van der Waals surface area contributed by atoms with Gasteiger partial charge in [-0.1, -0.05) is 34.1 Å². The van der Waals surface area contributed by atoms with Gasteiger partial charge in [-0.3, -0.25) is 9.78 Å². The molecule has 0 saturated carbocycles. The Bertz CT molecular complexity index is 611. The van der Waals surface area contributed by atoms with Crippen molar-refractivity contribution in [2.24, 2.45) is 5.10 Å². The van der Waals surface area contributed by atoms with E-state index >= 15 is 0 Å². The van der Waals surface area contributed by atoms with Gasteiger partial charge in [0, 0.05) is 10.7 Å². The van der Waals surface area contributed by atoms with Crippen molar-refractivity contribution in [3.63, 3.8) is 0 Å². The number of aromatic nitrogens is 1. The maximum Gasteiger partial charge on any atom is 0.289 e. The summed E-state index contributed by atoms with van der Waals surface area (Å²) in [5.74, 6) is -0.324. The molecule has 5 heteroatoms. The number of carbonyl (C=O) groups is 1. The topological polar surface area (TPSA) is 54.4 Å². The summed E-state index contributed by atoms with van der Waals surface area (Å²) in [5.41, 5.74) is 4.50. The largest absolute Gasteiger partial charge is 0.289 e. The lowest BCUT2D eigenvalue weighted by Crippen LogP contribution is -2.20. The van der Waals surface area contributed by atoms with Gasteiger partial charge < -0.3 is 0 Å². The standard InChI is InChI=1S/C14H12BrN3O/c1-10(11-5-4-6-12(15)9-11)17-18-14(19)13-7-2-3-8-16-13/h2-9H,1H3,(H,18,19). The predicted octanol–water partition coefficient (Wildman–Crippen LogP) is 3.00. The predicted molar refractivity (Wildman–Crippen MR) is 78.1 cm³/mol. The van der Waals surface area contributed by atoms with Crippen LogP contribution in [-0.4, -0.2) is 16.6 Å². The molecule has 0 bridgehead atoms. The molecule has 0 saturated heterocycles. The van der Waals surface area contributed by atoms with Gasteiger partial charge in [-0.15, -0.1) is 0 Å². The Balaban J connectivity index is 2.09. The highest BCUT2D eigenvalue weighted by atomic mass is 79.9. The highest BCUT2D eigenvalue weighted by Crippen LogP contribution is 2.12. The minimum Gasteiger partial charge on any atom is -0.266 e. The molecular weight excluding hydrogens is 306 g/mol. The molecule has 19 heavy (non-hydrogen) atoms. The van der Waals surface area contributed by atoms with Gasteiger partial charge >= 0.3 is 0 Å². The summed E-state index contributed by atoms with van der Waals surface area (Å²) in [6.45, 7) is 1.83. The third-order valence-electron chi connectivity index (χ3n) is 2.47. The molecule has 0 radical (unpaired) electrons. The number of nitrogens with zero attached hydrogens (tertiary/aromatic N) is 2. The van der Waals surface area contributed by atoms with E-state index in [1.807, 2.05) is 31.2 Å². The summed E-state index contributed by atoms with van der Waals surface area (Å²) in [5, 5.41) is 4.07. The highest BCUT2D eigenvalue weighted by molar-refractivity contribution is 9.10. The van der Waals surface area contributed by atoms with Crippen molar-refractivity contribution in [2.45, 2.75) is 6.92 Å². The van der Waals surface area contributed by atoms with Crippen LogP contribution in [0.3, 0.4) is 0 Å². The monoisotopic (exact) mass is 317 g/mol. The van der Waals surface area contributed by atoms with Gasteiger partial charge in [-0.2, -0.15) is 5.10 Å². The van der Waals surface area contributed by atoms with Gasteiger partial charge in [0.1, 0.15) is 5.69 Å². The van der Waals surface area contributed by atoms with Gasteiger partial charge in [0.05, 0.1) is 5.71 Å². The SMILES string of the molecule is CC(=NNC(=O)c1ccccn1)c1cccc(Br)c1. The Morgan fingerprint density at radius 1 is 1.26 bits per heavy atom. The maximum atomic E-state index is 11.8. The van der Waals surface area contributed by atoms with E-state index in [-0.39, 0.29) is 5.91 Å². The van der Waals surface area contributed by atoms with Crippen LogP contribution in [0.25, 0.3) is 0 Å². The van der Waals surface area contributed by atoms with Crippen molar-refractivity contribution in [3.8, 4) is 0 Å². The summed E-state index contributed by atoms with van der Waals surface area (Å²) in [6.07, 6.45) is 1.57. The number of hydrogen-bond donors (Lipinski definition) is 1. The molecule has 0 aliphatic rings. The number of benzene rings is 1. The summed E-state index contributed by atoms with van der Waals surface area (Å²) in [4.78, 5) is 15.7. The van der Waals surface area contributed by atoms with Crippen molar-refractivity contribution in [1.82, 2.24) is 10.4 Å². The van der Waals surface area contributed by atoms with E-state index in [0.717, 1.165) is 15.7 Å².